The fraction of sp³-hybridized carbons (Fsp3) is 0.364. The summed E-state index contributed by atoms with van der Waals surface area (Å²) in [5.74, 6) is 0.623. The Morgan fingerprint density at radius 2 is 1.87 bits per heavy atom. The molecule has 2 rings (SSSR count). The quantitative estimate of drug-likeness (QED) is 0.779. The monoisotopic (exact) mass is 206 g/mol. The second-order valence-corrected chi connectivity index (χ2v) is 2.80. The van der Waals surface area contributed by atoms with Crippen LogP contribution in [0.2, 0.25) is 0 Å². The molecule has 4 heteroatoms. The normalized spacial score (nSPS) is 9.33. The average molecular weight is 206 g/mol. The van der Waals surface area contributed by atoms with E-state index in [0.717, 1.165) is 16.7 Å². The van der Waals surface area contributed by atoms with Crippen LogP contribution in [0.5, 0.6) is 0 Å². The number of nitrogens with one attached hydrogen (secondary N) is 1. The highest BCUT2D eigenvalue weighted by Crippen LogP contribution is 2.10. The van der Waals surface area contributed by atoms with Crippen LogP contribution in [0, 0.1) is 6.92 Å². The molecule has 0 fully saturated rings. The minimum Gasteiger partial charge on any atom is -0.357 e. The lowest BCUT2D eigenvalue weighted by Crippen LogP contribution is -1.96. The zero-order valence-electron chi connectivity index (χ0n) is 9.57. The molecule has 0 aliphatic carbocycles. The molecule has 0 aliphatic rings. The number of aromatic nitrogens is 3. The molecule has 2 aromatic heterocycles. The Balaban J connectivity index is 0.000000711. The van der Waals surface area contributed by atoms with Crippen molar-refractivity contribution in [3.05, 3.63) is 24.0 Å². The highest BCUT2D eigenvalue weighted by molar-refractivity contribution is 5.74. The lowest BCUT2D eigenvalue weighted by molar-refractivity contribution is 1.16. The number of hydrogen-bond acceptors (Lipinski definition) is 4. The molecule has 0 spiro atoms. The van der Waals surface area contributed by atoms with Gasteiger partial charge in [0.05, 0.1) is 11.7 Å². The lowest BCUT2D eigenvalue weighted by atomic mass is 10.3. The molecule has 0 saturated carbocycles. The number of pyridine rings is 1. The van der Waals surface area contributed by atoms with Crippen LogP contribution >= 0.6 is 0 Å². The Labute approximate surface area is 91.3 Å². The summed E-state index contributed by atoms with van der Waals surface area (Å²) in [5, 5.41) is 2.88. The van der Waals surface area contributed by atoms with Gasteiger partial charge >= 0.3 is 0 Å². The van der Waals surface area contributed by atoms with Crippen molar-refractivity contribution >= 4 is 17.0 Å². The Morgan fingerprint density at radius 1 is 1.13 bits per heavy atom. The van der Waals surface area contributed by atoms with Gasteiger partial charge in [0.25, 0.3) is 0 Å². The molecule has 2 aromatic rings. The molecule has 15 heavy (non-hydrogen) atoms. The Morgan fingerprint density at radius 3 is 2.53 bits per heavy atom. The Kier molecular flexibility index (Phi) is 3.97. The van der Waals surface area contributed by atoms with Crippen molar-refractivity contribution in [2.45, 2.75) is 20.8 Å². The molecule has 0 bridgehead atoms. The van der Waals surface area contributed by atoms with Crippen LogP contribution in [0.25, 0.3) is 11.0 Å². The molecule has 1 N–H and O–H groups in total. The van der Waals surface area contributed by atoms with Crippen molar-refractivity contribution in [1.82, 2.24) is 15.0 Å². The summed E-state index contributed by atoms with van der Waals surface area (Å²) in [6, 6.07) is 3.88. The zero-order valence-corrected chi connectivity index (χ0v) is 9.57. The maximum Gasteiger partial charge on any atom is 0.223 e. The van der Waals surface area contributed by atoms with Gasteiger partial charge in [0.2, 0.25) is 5.95 Å². The van der Waals surface area contributed by atoms with E-state index >= 15 is 0 Å². The van der Waals surface area contributed by atoms with Crippen LogP contribution in [-0.2, 0) is 0 Å². The van der Waals surface area contributed by atoms with Gasteiger partial charge in [-0.05, 0) is 19.1 Å². The highest BCUT2D eigenvalue weighted by Gasteiger charge is 1.98. The number of fused-ring (bicyclic) bond motifs is 1. The van der Waals surface area contributed by atoms with E-state index in [-0.39, 0.29) is 1.43 Å². The summed E-state index contributed by atoms with van der Waals surface area (Å²) in [6.07, 6.45) is 1.72. The van der Waals surface area contributed by atoms with Gasteiger partial charge in [0.1, 0.15) is 5.52 Å². The van der Waals surface area contributed by atoms with Crippen molar-refractivity contribution in [2.24, 2.45) is 0 Å². The van der Waals surface area contributed by atoms with E-state index in [1.54, 1.807) is 13.2 Å². The number of aryl methyl sites for hydroxylation is 1. The summed E-state index contributed by atoms with van der Waals surface area (Å²) in [6.45, 7) is 5.95. The maximum atomic E-state index is 4.30. The standard InChI is InChI=1S/C9H10N4.C2H6.H2/c1-6-3-4-7-8(12-6)5-11-9(10-2)13-7;1-2;/h3-5H,1-2H3,(H,10,11,13);1-2H3;1H. The number of nitrogens with zero attached hydrogens (tertiary/aromatic N) is 3. The van der Waals surface area contributed by atoms with E-state index in [1.165, 1.54) is 0 Å². The molecule has 0 unspecified atom stereocenters. The van der Waals surface area contributed by atoms with Gasteiger partial charge in [-0.1, -0.05) is 13.8 Å². The second kappa shape index (κ2) is 5.24. The minimum atomic E-state index is 0. The van der Waals surface area contributed by atoms with E-state index < -0.39 is 0 Å². The molecule has 4 nitrogen and oxygen atoms in total. The SMILES string of the molecule is CC.CNc1ncc2nc(C)ccc2n1.[HH]. The number of hydrogen-bond donors (Lipinski definition) is 1. The van der Waals surface area contributed by atoms with Gasteiger partial charge in [0.15, 0.2) is 0 Å². The molecule has 2 heterocycles. The van der Waals surface area contributed by atoms with Gasteiger partial charge in [-0.3, -0.25) is 0 Å². The van der Waals surface area contributed by atoms with E-state index in [2.05, 4.69) is 20.3 Å². The highest BCUT2D eigenvalue weighted by atomic mass is 15.1. The molecular weight excluding hydrogens is 188 g/mol. The van der Waals surface area contributed by atoms with E-state index in [0.29, 0.717) is 5.95 Å². The molecule has 0 saturated heterocycles. The molecule has 0 atom stereocenters. The van der Waals surface area contributed by atoms with E-state index in [1.807, 2.05) is 32.9 Å². The smallest absolute Gasteiger partial charge is 0.223 e. The summed E-state index contributed by atoms with van der Waals surface area (Å²) < 4.78 is 0. The third kappa shape index (κ3) is 2.62. The van der Waals surface area contributed by atoms with Crippen LogP contribution in [0.3, 0.4) is 0 Å². The fourth-order valence-corrected chi connectivity index (χ4v) is 1.14. The van der Waals surface area contributed by atoms with Crippen LogP contribution < -0.4 is 5.32 Å². The number of rotatable bonds is 1. The van der Waals surface area contributed by atoms with Crippen molar-refractivity contribution < 1.29 is 1.43 Å². The van der Waals surface area contributed by atoms with Gasteiger partial charge in [-0.2, -0.15) is 0 Å². The first kappa shape index (κ1) is 11.4. The maximum absolute atomic E-state index is 4.30. The van der Waals surface area contributed by atoms with Crippen molar-refractivity contribution in [2.75, 3.05) is 12.4 Å². The first-order valence-corrected chi connectivity index (χ1v) is 5.08. The molecule has 0 aliphatic heterocycles. The van der Waals surface area contributed by atoms with E-state index in [4.69, 9.17) is 0 Å². The summed E-state index contributed by atoms with van der Waals surface area (Å²) in [4.78, 5) is 12.6. The van der Waals surface area contributed by atoms with Crippen molar-refractivity contribution in [3.63, 3.8) is 0 Å². The molecular formula is C11H18N4. The predicted octanol–water partition coefficient (Wildman–Crippen LogP) is 2.65. The third-order valence-corrected chi connectivity index (χ3v) is 1.80. The van der Waals surface area contributed by atoms with Gasteiger partial charge in [-0.15, -0.1) is 0 Å². The lowest BCUT2D eigenvalue weighted by Gasteiger charge is -2.00. The van der Waals surface area contributed by atoms with E-state index in [9.17, 15) is 0 Å². The fourth-order valence-electron chi connectivity index (χ4n) is 1.14. The van der Waals surface area contributed by atoms with Crippen molar-refractivity contribution in [3.8, 4) is 0 Å². The van der Waals surface area contributed by atoms with Crippen LogP contribution in [0.4, 0.5) is 5.95 Å². The predicted molar refractivity (Wildman–Crippen MR) is 65.1 cm³/mol. The largest absolute Gasteiger partial charge is 0.357 e. The second-order valence-electron chi connectivity index (χ2n) is 2.80. The third-order valence-electron chi connectivity index (χ3n) is 1.80. The zero-order chi connectivity index (χ0) is 11.3. The summed E-state index contributed by atoms with van der Waals surface area (Å²) in [7, 11) is 1.79. The summed E-state index contributed by atoms with van der Waals surface area (Å²) >= 11 is 0. The van der Waals surface area contributed by atoms with Gasteiger partial charge < -0.3 is 5.32 Å². The van der Waals surface area contributed by atoms with Gasteiger partial charge in [0, 0.05) is 14.2 Å². The topological polar surface area (TPSA) is 50.7 Å². The number of anilines is 1. The first-order chi connectivity index (χ1) is 7.29. The molecule has 82 valence electrons. The first-order valence-electron chi connectivity index (χ1n) is 5.08. The van der Waals surface area contributed by atoms with Gasteiger partial charge in [-0.25, -0.2) is 15.0 Å². The minimum absolute atomic E-state index is 0. The molecule has 0 amide bonds. The Bertz CT molecular complexity index is 445. The Hall–Kier alpha value is -1.71. The average Bonchev–Trinajstić information content (AvgIpc) is 2.31. The van der Waals surface area contributed by atoms with Crippen LogP contribution in [0.15, 0.2) is 18.3 Å². The van der Waals surface area contributed by atoms with Crippen molar-refractivity contribution in [1.29, 1.82) is 0 Å². The summed E-state index contributed by atoms with van der Waals surface area (Å²) in [5.41, 5.74) is 2.68. The molecule has 0 radical (unpaired) electrons. The van der Waals surface area contributed by atoms with Crippen LogP contribution in [-0.4, -0.2) is 22.0 Å². The molecule has 0 aromatic carbocycles. The van der Waals surface area contributed by atoms with Crippen LogP contribution in [0.1, 0.15) is 21.0 Å².